The predicted octanol–water partition coefficient (Wildman–Crippen LogP) is 17.6. The van der Waals surface area contributed by atoms with Crippen LogP contribution in [0.15, 0.2) is 48.6 Å². The molecule has 0 saturated carbocycles. The third-order valence-electron chi connectivity index (χ3n) is 11.4. The first kappa shape index (κ1) is 57.9. The summed E-state index contributed by atoms with van der Waals surface area (Å²) >= 11 is 0. The maximum absolute atomic E-state index is 12.8. The van der Waals surface area contributed by atoms with E-state index in [-0.39, 0.29) is 25.2 Å². The van der Waals surface area contributed by atoms with Crippen LogP contribution in [0.1, 0.15) is 265 Å². The number of carbonyl (C=O) groups excluding carboxylic acids is 2. The van der Waals surface area contributed by atoms with Gasteiger partial charge in [0.05, 0.1) is 6.61 Å². The molecule has 0 spiro atoms. The van der Waals surface area contributed by atoms with Gasteiger partial charge in [-0.05, 0) is 57.8 Å². The van der Waals surface area contributed by atoms with Crippen LogP contribution in [-0.4, -0.2) is 37.9 Å². The SMILES string of the molecule is CC/C=C\C/C=C\C/C=C\C/C=C\CCCCCCC(=O)OCC(COCCCCCCCCCCCCCCCCCC)OC(=O)CCCCCCCCCCCCC. The minimum Gasteiger partial charge on any atom is -0.462 e. The average Bonchev–Trinajstić information content (AvgIpc) is 3.25. The molecular formula is C55H100O5. The van der Waals surface area contributed by atoms with Gasteiger partial charge < -0.3 is 14.2 Å². The molecule has 0 saturated heterocycles. The maximum Gasteiger partial charge on any atom is 0.306 e. The van der Waals surface area contributed by atoms with E-state index in [9.17, 15) is 9.59 Å². The van der Waals surface area contributed by atoms with Crippen LogP contribution in [0.2, 0.25) is 0 Å². The molecule has 60 heavy (non-hydrogen) atoms. The van der Waals surface area contributed by atoms with Crippen molar-refractivity contribution in [3.63, 3.8) is 0 Å². The summed E-state index contributed by atoms with van der Waals surface area (Å²) in [5, 5.41) is 0. The zero-order chi connectivity index (χ0) is 43.5. The van der Waals surface area contributed by atoms with Gasteiger partial charge in [0.15, 0.2) is 6.10 Å². The summed E-state index contributed by atoms with van der Waals surface area (Å²) in [7, 11) is 0. The fraction of sp³-hybridized carbons (Fsp3) is 0.818. The number of esters is 2. The Balaban J connectivity index is 4.24. The van der Waals surface area contributed by atoms with E-state index in [4.69, 9.17) is 14.2 Å². The van der Waals surface area contributed by atoms with Crippen molar-refractivity contribution in [2.24, 2.45) is 0 Å². The summed E-state index contributed by atoms with van der Waals surface area (Å²) in [6.07, 6.45) is 62.6. The summed E-state index contributed by atoms with van der Waals surface area (Å²) in [5.41, 5.74) is 0. The molecule has 0 fully saturated rings. The maximum atomic E-state index is 12.8. The summed E-state index contributed by atoms with van der Waals surface area (Å²) in [5.74, 6) is -0.413. The van der Waals surface area contributed by atoms with Gasteiger partial charge in [-0.3, -0.25) is 9.59 Å². The molecule has 0 aliphatic carbocycles. The van der Waals surface area contributed by atoms with Crippen molar-refractivity contribution in [3.05, 3.63) is 48.6 Å². The first-order valence-corrected chi connectivity index (χ1v) is 26.2. The fourth-order valence-corrected chi connectivity index (χ4v) is 7.50. The normalized spacial score (nSPS) is 12.5. The molecule has 5 heteroatoms. The Bertz CT molecular complexity index is 997. The van der Waals surface area contributed by atoms with E-state index in [1.165, 1.54) is 154 Å². The monoisotopic (exact) mass is 841 g/mol. The largest absolute Gasteiger partial charge is 0.462 e. The number of hydrogen-bond acceptors (Lipinski definition) is 5. The van der Waals surface area contributed by atoms with Crippen LogP contribution in [0.3, 0.4) is 0 Å². The highest BCUT2D eigenvalue weighted by Gasteiger charge is 2.17. The van der Waals surface area contributed by atoms with Crippen molar-refractivity contribution in [2.45, 2.75) is 271 Å². The van der Waals surface area contributed by atoms with Crippen LogP contribution >= 0.6 is 0 Å². The van der Waals surface area contributed by atoms with E-state index >= 15 is 0 Å². The van der Waals surface area contributed by atoms with Gasteiger partial charge in [-0.2, -0.15) is 0 Å². The Morgan fingerprint density at radius 1 is 0.383 bits per heavy atom. The average molecular weight is 841 g/mol. The van der Waals surface area contributed by atoms with Crippen molar-refractivity contribution in [1.29, 1.82) is 0 Å². The molecule has 350 valence electrons. The van der Waals surface area contributed by atoms with E-state index in [1.807, 2.05) is 0 Å². The molecule has 0 aliphatic heterocycles. The lowest BCUT2D eigenvalue weighted by molar-refractivity contribution is -0.163. The van der Waals surface area contributed by atoms with Gasteiger partial charge in [0.25, 0.3) is 0 Å². The lowest BCUT2D eigenvalue weighted by atomic mass is 10.0. The van der Waals surface area contributed by atoms with Crippen LogP contribution in [0, 0.1) is 0 Å². The Morgan fingerprint density at radius 2 is 0.750 bits per heavy atom. The van der Waals surface area contributed by atoms with Crippen molar-refractivity contribution >= 4 is 11.9 Å². The van der Waals surface area contributed by atoms with Crippen LogP contribution < -0.4 is 0 Å². The second-order valence-electron chi connectivity index (χ2n) is 17.4. The van der Waals surface area contributed by atoms with Crippen molar-refractivity contribution in [2.75, 3.05) is 19.8 Å². The number of hydrogen-bond donors (Lipinski definition) is 0. The number of allylic oxidation sites excluding steroid dienone is 8. The van der Waals surface area contributed by atoms with E-state index in [2.05, 4.69) is 69.4 Å². The van der Waals surface area contributed by atoms with Crippen LogP contribution in [0.4, 0.5) is 0 Å². The highest BCUT2D eigenvalue weighted by molar-refractivity contribution is 5.70. The highest BCUT2D eigenvalue weighted by Crippen LogP contribution is 2.15. The number of rotatable bonds is 48. The lowest BCUT2D eigenvalue weighted by Gasteiger charge is -2.18. The Hall–Kier alpha value is -2.14. The molecule has 0 aromatic heterocycles. The summed E-state index contributed by atoms with van der Waals surface area (Å²) in [6, 6.07) is 0. The molecule has 0 N–H and O–H groups in total. The van der Waals surface area contributed by atoms with E-state index < -0.39 is 6.10 Å². The summed E-state index contributed by atoms with van der Waals surface area (Å²) < 4.78 is 17.4. The van der Waals surface area contributed by atoms with Gasteiger partial charge >= 0.3 is 11.9 Å². The van der Waals surface area contributed by atoms with E-state index in [1.54, 1.807) is 0 Å². The topological polar surface area (TPSA) is 61.8 Å². The number of carbonyl (C=O) groups is 2. The van der Waals surface area contributed by atoms with E-state index in [0.717, 1.165) is 77.0 Å². The highest BCUT2D eigenvalue weighted by atomic mass is 16.6. The molecule has 0 aromatic carbocycles. The molecule has 0 aliphatic rings. The van der Waals surface area contributed by atoms with E-state index in [0.29, 0.717) is 19.4 Å². The first-order chi connectivity index (χ1) is 29.6. The van der Waals surface area contributed by atoms with Gasteiger partial charge in [0.2, 0.25) is 0 Å². The molecule has 0 bridgehead atoms. The standard InChI is InChI=1S/C55H100O5/c1-4-7-10-13-16-19-22-24-26-28-29-31-34-36-39-42-45-48-54(56)59-52-53(60-55(57)49-46-43-40-37-33-21-18-15-12-9-6-3)51-58-50-47-44-41-38-35-32-30-27-25-23-20-17-14-11-8-5-2/h7,10,16,19,24,26,29,31,53H,4-6,8-9,11-15,17-18,20-23,25,27-28,30,32-52H2,1-3H3/b10-7-,19-16-,26-24-,31-29-. The van der Waals surface area contributed by atoms with Gasteiger partial charge in [-0.25, -0.2) is 0 Å². The molecule has 0 radical (unpaired) electrons. The molecule has 5 nitrogen and oxygen atoms in total. The molecule has 1 atom stereocenters. The minimum atomic E-state index is -0.540. The third kappa shape index (κ3) is 48.5. The molecule has 1 unspecified atom stereocenters. The molecule has 0 rings (SSSR count). The van der Waals surface area contributed by atoms with Gasteiger partial charge in [-0.1, -0.05) is 243 Å². The third-order valence-corrected chi connectivity index (χ3v) is 11.4. The van der Waals surface area contributed by atoms with Crippen LogP contribution in [-0.2, 0) is 23.8 Å². The zero-order valence-electron chi connectivity index (χ0n) is 40.2. The van der Waals surface area contributed by atoms with Crippen LogP contribution in [0.5, 0.6) is 0 Å². The molecule has 0 heterocycles. The number of unbranched alkanes of at least 4 members (excludes halogenated alkanes) is 29. The van der Waals surface area contributed by atoms with Gasteiger partial charge in [0, 0.05) is 19.4 Å². The Morgan fingerprint density at radius 3 is 1.20 bits per heavy atom. The number of ether oxygens (including phenoxy) is 3. The quantitative estimate of drug-likeness (QED) is 0.0347. The summed E-state index contributed by atoms with van der Waals surface area (Å²) in [4.78, 5) is 25.4. The smallest absolute Gasteiger partial charge is 0.306 e. The fourth-order valence-electron chi connectivity index (χ4n) is 7.50. The Kier molecular flexibility index (Phi) is 49.4. The van der Waals surface area contributed by atoms with Crippen molar-refractivity contribution in [3.8, 4) is 0 Å². The van der Waals surface area contributed by atoms with Gasteiger partial charge in [0.1, 0.15) is 6.61 Å². The predicted molar refractivity (Wildman–Crippen MR) is 261 cm³/mol. The molecule has 0 amide bonds. The van der Waals surface area contributed by atoms with Gasteiger partial charge in [-0.15, -0.1) is 0 Å². The van der Waals surface area contributed by atoms with Crippen LogP contribution in [0.25, 0.3) is 0 Å². The first-order valence-electron chi connectivity index (χ1n) is 26.2. The molecular weight excluding hydrogens is 741 g/mol. The lowest BCUT2D eigenvalue weighted by Crippen LogP contribution is -2.30. The minimum absolute atomic E-state index is 0.0770. The second-order valence-corrected chi connectivity index (χ2v) is 17.4. The Labute approximate surface area is 373 Å². The molecule has 0 aromatic rings. The second kappa shape index (κ2) is 51.2. The zero-order valence-corrected chi connectivity index (χ0v) is 40.2. The van der Waals surface area contributed by atoms with Crippen molar-refractivity contribution in [1.82, 2.24) is 0 Å². The summed E-state index contributed by atoms with van der Waals surface area (Å²) in [6.45, 7) is 7.73. The van der Waals surface area contributed by atoms with Crippen molar-refractivity contribution < 1.29 is 23.8 Å².